The van der Waals surface area contributed by atoms with E-state index in [-0.39, 0.29) is 17.9 Å². The third kappa shape index (κ3) is 4.61. The lowest BCUT2D eigenvalue weighted by molar-refractivity contribution is -0.122. The Kier molecular flexibility index (Phi) is 5.85. The van der Waals surface area contributed by atoms with Gasteiger partial charge in [0.05, 0.1) is 29.4 Å². The second kappa shape index (κ2) is 8.94. The third-order valence-corrected chi connectivity index (χ3v) is 6.33. The Morgan fingerprint density at radius 2 is 1.82 bits per heavy atom. The Morgan fingerprint density at radius 1 is 1.09 bits per heavy atom. The number of pyridine rings is 1. The van der Waals surface area contributed by atoms with E-state index in [1.54, 1.807) is 6.20 Å². The molecule has 3 aromatic rings. The van der Waals surface area contributed by atoms with Gasteiger partial charge in [0.25, 0.3) is 5.91 Å². The zero-order chi connectivity index (χ0) is 22.9. The summed E-state index contributed by atoms with van der Waals surface area (Å²) in [5.74, 6) is 0.0756. The van der Waals surface area contributed by atoms with Gasteiger partial charge in [0.1, 0.15) is 0 Å². The Morgan fingerprint density at radius 3 is 2.48 bits per heavy atom. The van der Waals surface area contributed by atoms with Gasteiger partial charge >= 0.3 is 0 Å². The number of carbonyl (C=O) groups excluding carboxylic acids is 2. The Balaban J connectivity index is 1.38. The number of benzene rings is 1. The number of piperazine rings is 1. The molecule has 1 saturated carbocycles. The predicted molar refractivity (Wildman–Crippen MR) is 127 cm³/mol. The maximum Gasteiger partial charge on any atom is 0.254 e. The molecule has 33 heavy (non-hydrogen) atoms. The van der Waals surface area contributed by atoms with Crippen molar-refractivity contribution in [3.63, 3.8) is 0 Å². The van der Waals surface area contributed by atoms with Gasteiger partial charge in [-0.15, -0.1) is 0 Å². The first-order valence-corrected chi connectivity index (χ1v) is 11.7. The van der Waals surface area contributed by atoms with Crippen LogP contribution in [0.5, 0.6) is 0 Å². The van der Waals surface area contributed by atoms with E-state index in [0.717, 1.165) is 35.1 Å². The minimum absolute atomic E-state index is 0.00929. The molecule has 5 rings (SSSR count). The first-order valence-electron chi connectivity index (χ1n) is 11.7. The van der Waals surface area contributed by atoms with E-state index in [0.29, 0.717) is 44.3 Å². The lowest BCUT2D eigenvalue weighted by Crippen LogP contribution is -2.51. The largest absolute Gasteiger partial charge is 0.352 e. The smallest absolute Gasteiger partial charge is 0.254 e. The predicted octanol–water partition coefficient (Wildman–Crippen LogP) is 2.72. The molecule has 1 N–H and O–H groups in total. The van der Waals surface area contributed by atoms with E-state index >= 15 is 0 Å². The number of carbonyl (C=O) groups is 2. The molecule has 0 bridgehead atoms. The van der Waals surface area contributed by atoms with Crippen LogP contribution in [0.1, 0.15) is 43.1 Å². The highest BCUT2D eigenvalue weighted by atomic mass is 16.2. The maximum absolute atomic E-state index is 13.6. The van der Waals surface area contributed by atoms with Crippen molar-refractivity contribution in [2.75, 3.05) is 32.7 Å². The second-order valence-corrected chi connectivity index (χ2v) is 9.25. The van der Waals surface area contributed by atoms with Crippen LogP contribution in [0.3, 0.4) is 0 Å². The third-order valence-electron chi connectivity index (χ3n) is 6.33. The van der Waals surface area contributed by atoms with Crippen molar-refractivity contribution in [2.24, 2.45) is 0 Å². The van der Waals surface area contributed by atoms with Crippen molar-refractivity contribution in [3.8, 4) is 11.3 Å². The van der Waals surface area contributed by atoms with E-state index in [4.69, 9.17) is 4.98 Å². The van der Waals surface area contributed by atoms with Crippen LogP contribution < -0.4 is 5.32 Å². The molecular formula is C25H30N6O2. The van der Waals surface area contributed by atoms with Gasteiger partial charge in [0.2, 0.25) is 5.91 Å². The van der Waals surface area contributed by atoms with Crippen LogP contribution in [0.2, 0.25) is 0 Å². The molecule has 0 radical (unpaired) electrons. The van der Waals surface area contributed by atoms with Crippen molar-refractivity contribution in [1.82, 2.24) is 29.9 Å². The summed E-state index contributed by atoms with van der Waals surface area (Å²) in [5.41, 5.74) is 3.09. The summed E-state index contributed by atoms with van der Waals surface area (Å²) in [6.45, 7) is 7.09. The van der Waals surface area contributed by atoms with Crippen molar-refractivity contribution in [2.45, 2.75) is 38.8 Å². The van der Waals surface area contributed by atoms with Crippen LogP contribution in [0.25, 0.3) is 22.3 Å². The van der Waals surface area contributed by atoms with E-state index in [9.17, 15) is 9.59 Å². The molecule has 2 aliphatic rings. The van der Waals surface area contributed by atoms with Gasteiger partial charge in [-0.05, 0) is 32.8 Å². The normalized spacial score (nSPS) is 17.0. The number of aromatic nitrogens is 3. The summed E-state index contributed by atoms with van der Waals surface area (Å²) in [4.78, 5) is 34.6. The highest BCUT2D eigenvalue weighted by molar-refractivity contribution is 6.06. The minimum Gasteiger partial charge on any atom is -0.352 e. The molecule has 0 unspecified atom stereocenters. The van der Waals surface area contributed by atoms with Gasteiger partial charge in [-0.1, -0.05) is 30.3 Å². The second-order valence-electron chi connectivity index (χ2n) is 9.25. The van der Waals surface area contributed by atoms with E-state index < -0.39 is 0 Å². The van der Waals surface area contributed by atoms with Crippen molar-refractivity contribution < 1.29 is 9.59 Å². The summed E-state index contributed by atoms with van der Waals surface area (Å²) in [6.07, 6.45) is 3.93. The SMILES string of the molecule is CC(C)n1ncc2c(C(=O)N3CCN(CC(=O)NC4CC4)CC3)cc(-c3ccccc3)nc21. The average Bonchev–Trinajstić information content (AvgIpc) is 3.52. The van der Waals surface area contributed by atoms with Crippen LogP contribution in [0.15, 0.2) is 42.6 Å². The number of amides is 2. The summed E-state index contributed by atoms with van der Waals surface area (Å²) in [5, 5.41) is 8.34. The van der Waals surface area contributed by atoms with Crippen LogP contribution in [-0.4, -0.2) is 75.1 Å². The van der Waals surface area contributed by atoms with Crippen LogP contribution >= 0.6 is 0 Å². The number of fused-ring (bicyclic) bond motifs is 1. The highest BCUT2D eigenvalue weighted by Gasteiger charge is 2.28. The standard InChI is InChI=1S/C25H30N6O2/c1-17(2)31-24-21(15-26-31)20(14-22(28-24)18-6-4-3-5-7-18)25(33)30-12-10-29(11-13-30)16-23(32)27-19-8-9-19/h3-7,14-15,17,19H,8-13,16H2,1-2H3,(H,27,32). The lowest BCUT2D eigenvalue weighted by Gasteiger charge is -2.34. The van der Waals surface area contributed by atoms with Gasteiger partial charge in [-0.25, -0.2) is 9.67 Å². The molecule has 3 heterocycles. The summed E-state index contributed by atoms with van der Waals surface area (Å²) in [6, 6.07) is 12.3. The molecule has 1 aliphatic carbocycles. The first-order chi connectivity index (χ1) is 16.0. The Hall–Kier alpha value is -3.26. The molecule has 1 aromatic carbocycles. The number of hydrogen-bond acceptors (Lipinski definition) is 5. The molecule has 2 fully saturated rings. The van der Waals surface area contributed by atoms with E-state index in [2.05, 4.69) is 29.2 Å². The monoisotopic (exact) mass is 446 g/mol. The summed E-state index contributed by atoms with van der Waals surface area (Å²) >= 11 is 0. The van der Waals surface area contributed by atoms with Crippen LogP contribution in [-0.2, 0) is 4.79 Å². The molecule has 1 saturated heterocycles. The first kappa shape index (κ1) is 21.6. The van der Waals surface area contributed by atoms with Gasteiger partial charge in [0.15, 0.2) is 5.65 Å². The van der Waals surface area contributed by atoms with E-state index in [1.807, 2.05) is 46.0 Å². The molecule has 8 nitrogen and oxygen atoms in total. The minimum atomic E-state index is -0.00929. The topological polar surface area (TPSA) is 83.4 Å². The van der Waals surface area contributed by atoms with Crippen molar-refractivity contribution >= 4 is 22.8 Å². The van der Waals surface area contributed by atoms with Crippen LogP contribution in [0, 0.1) is 0 Å². The fourth-order valence-electron chi connectivity index (χ4n) is 4.31. The maximum atomic E-state index is 13.6. The Bertz CT molecular complexity index is 1160. The van der Waals surface area contributed by atoms with Crippen molar-refractivity contribution in [3.05, 3.63) is 48.2 Å². The lowest BCUT2D eigenvalue weighted by atomic mass is 10.1. The summed E-state index contributed by atoms with van der Waals surface area (Å²) < 4.78 is 1.87. The molecular weight excluding hydrogens is 416 g/mol. The van der Waals surface area contributed by atoms with Gasteiger partial charge in [-0.2, -0.15) is 5.10 Å². The van der Waals surface area contributed by atoms with E-state index in [1.165, 1.54) is 0 Å². The molecule has 1 aliphatic heterocycles. The number of nitrogens with one attached hydrogen (secondary N) is 1. The number of rotatable bonds is 6. The fourth-order valence-corrected chi connectivity index (χ4v) is 4.31. The zero-order valence-corrected chi connectivity index (χ0v) is 19.2. The molecule has 172 valence electrons. The summed E-state index contributed by atoms with van der Waals surface area (Å²) in [7, 11) is 0. The molecule has 0 atom stereocenters. The average molecular weight is 447 g/mol. The Labute approximate surface area is 193 Å². The van der Waals surface area contributed by atoms with Crippen molar-refractivity contribution in [1.29, 1.82) is 0 Å². The van der Waals surface area contributed by atoms with Gasteiger partial charge in [-0.3, -0.25) is 14.5 Å². The quantitative estimate of drug-likeness (QED) is 0.630. The van der Waals surface area contributed by atoms with Crippen LogP contribution in [0.4, 0.5) is 0 Å². The molecule has 2 amide bonds. The van der Waals surface area contributed by atoms with Gasteiger partial charge in [0, 0.05) is 43.8 Å². The van der Waals surface area contributed by atoms with Gasteiger partial charge < -0.3 is 10.2 Å². The zero-order valence-electron chi connectivity index (χ0n) is 19.2. The molecule has 2 aromatic heterocycles. The highest BCUT2D eigenvalue weighted by Crippen LogP contribution is 2.27. The molecule has 8 heteroatoms. The number of nitrogens with zero attached hydrogens (tertiary/aromatic N) is 5. The fraction of sp³-hybridized carbons (Fsp3) is 0.440. The molecule has 0 spiro atoms. The number of hydrogen-bond donors (Lipinski definition) is 1.